The Bertz CT molecular complexity index is 876. The third-order valence-corrected chi connectivity index (χ3v) is 3.39. The van der Waals surface area contributed by atoms with Gasteiger partial charge in [-0.25, -0.2) is 4.39 Å². The van der Waals surface area contributed by atoms with E-state index in [9.17, 15) is 19.6 Å². The lowest BCUT2D eigenvalue weighted by Crippen LogP contribution is -1.95. The number of nitro groups is 1. The molecular weight excluding hydrogens is 303 g/mol. The highest BCUT2D eigenvalue weighted by Gasteiger charge is 2.24. The van der Waals surface area contributed by atoms with E-state index in [0.717, 1.165) is 0 Å². The maximum Gasteiger partial charge on any atom is 0.278 e. The van der Waals surface area contributed by atoms with Crippen LogP contribution in [0.3, 0.4) is 0 Å². The van der Waals surface area contributed by atoms with E-state index in [0.29, 0.717) is 5.56 Å². The minimum atomic E-state index is -0.535. The first-order chi connectivity index (χ1) is 11.1. The zero-order valence-electron chi connectivity index (χ0n) is 11.8. The third kappa shape index (κ3) is 2.69. The van der Waals surface area contributed by atoms with Crippen LogP contribution in [0.4, 0.5) is 10.1 Å². The monoisotopic (exact) mass is 314 g/mol. The number of hydrogen-bond acceptors (Lipinski definition) is 5. The SMILES string of the molecule is O=[N+]([O-])c1ccccc1-c1noc(-c2cccc(F)c2)c1CO. The molecule has 3 rings (SSSR count). The fourth-order valence-corrected chi connectivity index (χ4v) is 2.36. The number of nitro benzene ring substituents is 1. The Morgan fingerprint density at radius 1 is 1.22 bits per heavy atom. The standard InChI is InChI=1S/C16H11FN2O4/c17-11-5-3-4-10(8-11)16-13(9-20)15(18-23-16)12-6-1-2-7-14(12)19(21)22/h1-8,20H,9H2. The predicted octanol–water partition coefficient (Wildman–Crippen LogP) is 3.55. The van der Waals surface area contributed by atoms with E-state index in [1.54, 1.807) is 12.1 Å². The van der Waals surface area contributed by atoms with Crippen molar-refractivity contribution in [2.45, 2.75) is 6.61 Å². The van der Waals surface area contributed by atoms with Gasteiger partial charge < -0.3 is 9.63 Å². The number of aliphatic hydroxyl groups is 1. The molecule has 116 valence electrons. The van der Waals surface area contributed by atoms with Gasteiger partial charge >= 0.3 is 0 Å². The number of benzene rings is 2. The molecule has 23 heavy (non-hydrogen) atoms. The van der Waals surface area contributed by atoms with E-state index in [2.05, 4.69) is 5.16 Å². The number of rotatable bonds is 4. The van der Waals surface area contributed by atoms with E-state index >= 15 is 0 Å². The first kappa shape index (κ1) is 14.9. The summed E-state index contributed by atoms with van der Waals surface area (Å²) in [7, 11) is 0. The number of aromatic nitrogens is 1. The van der Waals surface area contributed by atoms with Crippen LogP contribution < -0.4 is 0 Å². The summed E-state index contributed by atoms with van der Waals surface area (Å²) in [5.74, 6) is -0.282. The molecule has 0 spiro atoms. The van der Waals surface area contributed by atoms with Gasteiger partial charge in [-0.1, -0.05) is 29.4 Å². The van der Waals surface area contributed by atoms with Crippen molar-refractivity contribution in [3.63, 3.8) is 0 Å². The highest BCUT2D eigenvalue weighted by molar-refractivity contribution is 5.77. The molecule has 0 aliphatic rings. The Balaban J connectivity index is 2.18. The summed E-state index contributed by atoms with van der Waals surface area (Å²) in [5, 5.41) is 24.6. The van der Waals surface area contributed by atoms with Crippen LogP contribution in [0.5, 0.6) is 0 Å². The molecule has 0 saturated carbocycles. The maximum atomic E-state index is 13.4. The summed E-state index contributed by atoms with van der Waals surface area (Å²) in [6, 6.07) is 11.6. The van der Waals surface area contributed by atoms with Gasteiger partial charge in [-0.15, -0.1) is 0 Å². The number of nitrogens with zero attached hydrogens (tertiary/aromatic N) is 2. The second kappa shape index (κ2) is 5.98. The fourth-order valence-electron chi connectivity index (χ4n) is 2.36. The normalized spacial score (nSPS) is 10.7. The van der Waals surface area contributed by atoms with E-state index < -0.39 is 17.3 Å². The summed E-state index contributed by atoms with van der Waals surface area (Å²) >= 11 is 0. The van der Waals surface area contributed by atoms with E-state index in [4.69, 9.17) is 4.52 Å². The number of aliphatic hydroxyl groups excluding tert-OH is 1. The fraction of sp³-hybridized carbons (Fsp3) is 0.0625. The minimum absolute atomic E-state index is 0.152. The van der Waals surface area contributed by atoms with Gasteiger partial charge in [0.15, 0.2) is 5.76 Å². The Kier molecular flexibility index (Phi) is 3.86. The number of hydrogen-bond donors (Lipinski definition) is 1. The topological polar surface area (TPSA) is 89.4 Å². The molecule has 1 heterocycles. The van der Waals surface area contributed by atoms with Crippen molar-refractivity contribution in [3.05, 3.63) is 70.0 Å². The quantitative estimate of drug-likeness (QED) is 0.587. The molecule has 0 aliphatic carbocycles. The molecule has 0 radical (unpaired) electrons. The van der Waals surface area contributed by atoms with Gasteiger partial charge in [0, 0.05) is 11.6 Å². The van der Waals surface area contributed by atoms with Crippen molar-refractivity contribution in [3.8, 4) is 22.6 Å². The Hall–Kier alpha value is -3.06. The average molecular weight is 314 g/mol. The molecule has 3 aromatic rings. The largest absolute Gasteiger partial charge is 0.391 e. The summed E-state index contributed by atoms with van der Waals surface area (Å²) in [6.45, 7) is -0.448. The van der Waals surface area contributed by atoms with Crippen molar-refractivity contribution in [2.24, 2.45) is 0 Å². The Morgan fingerprint density at radius 3 is 2.70 bits per heavy atom. The molecule has 0 saturated heterocycles. The molecule has 7 heteroatoms. The molecule has 0 bridgehead atoms. The summed E-state index contributed by atoms with van der Waals surface area (Å²) < 4.78 is 18.6. The molecule has 0 amide bonds. The van der Waals surface area contributed by atoms with Gasteiger partial charge in [0.2, 0.25) is 0 Å². The van der Waals surface area contributed by atoms with Crippen molar-refractivity contribution in [2.75, 3.05) is 0 Å². The molecule has 1 aromatic heterocycles. The van der Waals surface area contributed by atoms with Gasteiger partial charge in [-0.05, 0) is 18.2 Å². The Labute approximate surface area is 129 Å². The van der Waals surface area contributed by atoms with Crippen LogP contribution >= 0.6 is 0 Å². The summed E-state index contributed by atoms with van der Waals surface area (Å²) in [5.41, 5.74) is 0.907. The van der Waals surface area contributed by atoms with Gasteiger partial charge in [0.25, 0.3) is 5.69 Å². The Morgan fingerprint density at radius 2 is 2.00 bits per heavy atom. The minimum Gasteiger partial charge on any atom is -0.391 e. The van der Waals surface area contributed by atoms with E-state index in [1.807, 2.05) is 0 Å². The zero-order valence-corrected chi connectivity index (χ0v) is 11.8. The highest BCUT2D eigenvalue weighted by Crippen LogP contribution is 2.36. The molecule has 6 nitrogen and oxygen atoms in total. The van der Waals surface area contributed by atoms with Crippen molar-refractivity contribution in [1.29, 1.82) is 0 Å². The predicted molar refractivity (Wildman–Crippen MR) is 79.9 cm³/mol. The molecular formula is C16H11FN2O4. The highest BCUT2D eigenvalue weighted by atomic mass is 19.1. The molecule has 0 atom stereocenters. The van der Waals surface area contributed by atoms with Gasteiger partial charge in [0.1, 0.15) is 11.5 Å². The van der Waals surface area contributed by atoms with Crippen LogP contribution in [-0.2, 0) is 6.61 Å². The lowest BCUT2D eigenvalue weighted by molar-refractivity contribution is -0.384. The van der Waals surface area contributed by atoms with Crippen molar-refractivity contribution < 1.29 is 18.9 Å². The van der Waals surface area contributed by atoms with Crippen LogP contribution in [0.2, 0.25) is 0 Å². The van der Waals surface area contributed by atoms with Crippen LogP contribution in [0.15, 0.2) is 53.1 Å². The van der Waals surface area contributed by atoms with Crippen LogP contribution in [0.25, 0.3) is 22.6 Å². The van der Waals surface area contributed by atoms with E-state index in [1.165, 1.54) is 36.4 Å². The number of para-hydroxylation sites is 1. The molecule has 1 N–H and O–H groups in total. The van der Waals surface area contributed by atoms with E-state index in [-0.39, 0.29) is 28.3 Å². The molecule has 0 fully saturated rings. The molecule has 2 aromatic carbocycles. The summed E-state index contributed by atoms with van der Waals surface area (Å²) in [4.78, 5) is 10.6. The van der Waals surface area contributed by atoms with Crippen molar-refractivity contribution in [1.82, 2.24) is 5.16 Å². The molecule has 0 unspecified atom stereocenters. The van der Waals surface area contributed by atoms with Gasteiger partial charge in [-0.3, -0.25) is 10.1 Å². The lowest BCUT2D eigenvalue weighted by atomic mass is 10.0. The molecule has 0 aliphatic heterocycles. The average Bonchev–Trinajstić information content (AvgIpc) is 2.98. The first-order valence-corrected chi connectivity index (χ1v) is 6.71. The maximum absolute atomic E-state index is 13.4. The van der Waals surface area contributed by atoms with Gasteiger partial charge in [-0.2, -0.15) is 0 Å². The second-order valence-electron chi connectivity index (χ2n) is 4.78. The van der Waals surface area contributed by atoms with Gasteiger partial charge in [0.05, 0.1) is 22.7 Å². The van der Waals surface area contributed by atoms with Crippen LogP contribution in [0.1, 0.15) is 5.56 Å². The zero-order chi connectivity index (χ0) is 16.4. The smallest absolute Gasteiger partial charge is 0.278 e. The second-order valence-corrected chi connectivity index (χ2v) is 4.78. The van der Waals surface area contributed by atoms with Crippen LogP contribution in [0, 0.1) is 15.9 Å². The lowest BCUT2D eigenvalue weighted by Gasteiger charge is -2.02. The first-order valence-electron chi connectivity index (χ1n) is 6.71. The summed E-state index contributed by atoms with van der Waals surface area (Å²) in [6.07, 6.45) is 0. The van der Waals surface area contributed by atoms with Crippen molar-refractivity contribution >= 4 is 5.69 Å². The van der Waals surface area contributed by atoms with Crippen LogP contribution in [-0.4, -0.2) is 15.2 Å². The number of halogens is 1. The third-order valence-electron chi connectivity index (χ3n) is 3.39.